The van der Waals surface area contributed by atoms with Gasteiger partial charge in [0.2, 0.25) is 0 Å². The average molecular weight is 322 g/mol. The number of hydrogen-bond acceptors (Lipinski definition) is 3. The molecule has 0 fully saturated rings. The number of thiazole rings is 1. The fourth-order valence-corrected chi connectivity index (χ4v) is 3.19. The summed E-state index contributed by atoms with van der Waals surface area (Å²) >= 11 is 7.29. The zero-order valence-electron chi connectivity index (χ0n) is 11.5. The highest BCUT2D eigenvalue weighted by Gasteiger charge is 2.15. The highest BCUT2D eigenvalue weighted by atomic mass is 35.5. The van der Waals surface area contributed by atoms with E-state index in [4.69, 9.17) is 17.3 Å². The van der Waals surface area contributed by atoms with Crippen LogP contribution in [0.4, 0.5) is 9.52 Å². The normalized spacial score (nSPS) is 11.0. The summed E-state index contributed by atoms with van der Waals surface area (Å²) in [6.45, 7) is 3.98. The van der Waals surface area contributed by atoms with E-state index >= 15 is 0 Å². The molecule has 2 heterocycles. The number of benzene rings is 1. The molecule has 3 nitrogen and oxygen atoms in total. The SMILES string of the molecule is Cc1cc(-c2csc(N)n2)c(C)n1-c1ccc(F)c(Cl)c1. The fraction of sp³-hybridized carbons (Fsp3) is 0.133. The molecular formula is C15H13ClFN3S. The van der Waals surface area contributed by atoms with Gasteiger partial charge in [0.1, 0.15) is 5.82 Å². The van der Waals surface area contributed by atoms with E-state index in [9.17, 15) is 4.39 Å². The molecule has 2 aromatic heterocycles. The lowest BCUT2D eigenvalue weighted by molar-refractivity contribution is 0.627. The van der Waals surface area contributed by atoms with Crippen LogP contribution in [-0.4, -0.2) is 9.55 Å². The molecule has 0 radical (unpaired) electrons. The van der Waals surface area contributed by atoms with E-state index in [1.807, 2.05) is 29.9 Å². The molecule has 3 aromatic rings. The van der Waals surface area contributed by atoms with E-state index in [0.29, 0.717) is 5.13 Å². The molecule has 0 atom stereocenters. The largest absolute Gasteiger partial charge is 0.375 e. The van der Waals surface area contributed by atoms with Crippen LogP contribution >= 0.6 is 22.9 Å². The highest BCUT2D eigenvalue weighted by Crippen LogP contribution is 2.31. The van der Waals surface area contributed by atoms with Crippen LogP contribution in [0.5, 0.6) is 0 Å². The minimum atomic E-state index is -0.421. The van der Waals surface area contributed by atoms with Gasteiger partial charge in [-0.05, 0) is 38.1 Å². The van der Waals surface area contributed by atoms with E-state index in [0.717, 1.165) is 28.3 Å². The van der Waals surface area contributed by atoms with Gasteiger partial charge in [-0.3, -0.25) is 0 Å². The number of nitrogens with zero attached hydrogens (tertiary/aromatic N) is 2. The molecule has 0 amide bonds. The third kappa shape index (κ3) is 2.43. The number of nitrogen functional groups attached to an aromatic ring is 1. The van der Waals surface area contributed by atoms with Crippen molar-refractivity contribution in [1.29, 1.82) is 0 Å². The minimum absolute atomic E-state index is 0.111. The van der Waals surface area contributed by atoms with E-state index in [-0.39, 0.29) is 5.02 Å². The Morgan fingerprint density at radius 1 is 1.29 bits per heavy atom. The predicted molar refractivity (Wildman–Crippen MR) is 85.7 cm³/mol. The third-order valence-electron chi connectivity index (χ3n) is 3.39. The highest BCUT2D eigenvalue weighted by molar-refractivity contribution is 7.13. The summed E-state index contributed by atoms with van der Waals surface area (Å²) in [6, 6.07) is 6.74. The van der Waals surface area contributed by atoms with Gasteiger partial charge < -0.3 is 10.3 Å². The second-order valence-corrected chi connectivity index (χ2v) is 6.09. The van der Waals surface area contributed by atoms with Crippen molar-refractivity contribution in [2.45, 2.75) is 13.8 Å². The van der Waals surface area contributed by atoms with Crippen molar-refractivity contribution < 1.29 is 4.39 Å². The maximum absolute atomic E-state index is 13.3. The van der Waals surface area contributed by atoms with Crippen molar-refractivity contribution in [2.75, 3.05) is 5.73 Å². The molecular weight excluding hydrogens is 309 g/mol. The Morgan fingerprint density at radius 2 is 2.05 bits per heavy atom. The van der Waals surface area contributed by atoms with Crippen molar-refractivity contribution in [3.63, 3.8) is 0 Å². The van der Waals surface area contributed by atoms with E-state index < -0.39 is 5.82 Å². The molecule has 0 bridgehead atoms. The van der Waals surface area contributed by atoms with E-state index in [1.54, 1.807) is 12.1 Å². The number of nitrogens with two attached hydrogens (primary N) is 1. The van der Waals surface area contributed by atoms with Crippen molar-refractivity contribution in [1.82, 2.24) is 9.55 Å². The standard InChI is InChI=1S/C15H13ClFN3S/c1-8-5-11(14-7-21-15(18)19-14)9(2)20(8)10-3-4-13(17)12(16)6-10/h3-7H,1-2H3,(H2,18,19). The smallest absolute Gasteiger partial charge is 0.180 e. The number of rotatable bonds is 2. The van der Waals surface area contributed by atoms with Crippen LogP contribution in [0, 0.1) is 19.7 Å². The Hall–Kier alpha value is -1.85. The predicted octanol–water partition coefficient (Wildman–Crippen LogP) is 4.59. The molecule has 0 aliphatic carbocycles. The quantitative estimate of drug-likeness (QED) is 0.750. The molecule has 3 rings (SSSR count). The molecule has 0 saturated carbocycles. The van der Waals surface area contributed by atoms with Gasteiger partial charge in [0.05, 0.1) is 10.7 Å². The van der Waals surface area contributed by atoms with Crippen LogP contribution < -0.4 is 5.73 Å². The lowest BCUT2D eigenvalue weighted by atomic mass is 10.2. The summed E-state index contributed by atoms with van der Waals surface area (Å²) < 4.78 is 15.3. The second-order valence-electron chi connectivity index (χ2n) is 4.79. The Kier molecular flexibility index (Phi) is 3.47. The molecule has 21 heavy (non-hydrogen) atoms. The summed E-state index contributed by atoms with van der Waals surface area (Å²) in [5, 5.41) is 2.58. The summed E-state index contributed by atoms with van der Waals surface area (Å²) in [5.74, 6) is -0.421. The van der Waals surface area contributed by atoms with Crippen LogP contribution in [0.2, 0.25) is 5.02 Å². The lowest BCUT2D eigenvalue weighted by Crippen LogP contribution is -1.99. The van der Waals surface area contributed by atoms with Crippen molar-refractivity contribution in [3.8, 4) is 16.9 Å². The average Bonchev–Trinajstić information content (AvgIpc) is 2.97. The van der Waals surface area contributed by atoms with Crippen LogP contribution in [0.1, 0.15) is 11.4 Å². The Balaban J connectivity index is 2.16. The van der Waals surface area contributed by atoms with Gasteiger partial charge in [0.15, 0.2) is 5.13 Å². The van der Waals surface area contributed by atoms with Gasteiger partial charge >= 0.3 is 0 Å². The van der Waals surface area contributed by atoms with Gasteiger partial charge in [0, 0.05) is 28.0 Å². The van der Waals surface area contributed by atoms with E-state index in [1.165, 1.54) is 17.4 Å². The van der Waals surface area contributed by atoms with Gasteiger partial charge in [-0.15, -0.1) is 11.3 Å². The summed E-state index contributed by atoms with van der Waals surface area (Å²) in [4.78, 5) is 4.32. The van der Waals surface area contributed by atoms with Crippen molar-refractivity contribution >= 4 is 28.1 Å². The first-order valence-electron chi connectivity index (χ1n) is 6.33. The minimum Gasteiger partial charge on any atom is -0.375 e. The Bertz CT molecular complexity index is 822. The van der Waals surface area contributed by atoms with Gasteiger partial charge in [-0.1, -0.05) is 11.6 Å². The van der Waals surface area contributed by atoms with Gasteiger partial charge in [0.25, 0.3) is 0 Å². The third-order valence-corrected chi connectivity index (χ3v) is 4.35. The molecule has 0 saturated heterocycles. The first-order chi connectivity index (χ1) is 9.97. The number of halogens is 2. The topological polar surface area (TPSA) is 43.8 Å². The summed E-state index contributed by atoms with van der Waals surface area (Å²) in [6.07, 6.45) is 0. The molecule has 2 N–H and O–H groups in total. The van der Waals surface area contributed by atoms with Crippen LogP contribution in [-0.2, 0) is 0 Å². The second kappa shape index (κ2) is 5.16. The number of aryl methyl sites for hydroxylation is 1. The molecule has 108 valence electrons. The monoisotopic (exact) mass is 321 g/mol. The molecule has 1 aromatic carbocycles. The van der Waals surface area contributed by atoms with Crippen LogP contribution in [0.3, 0.4) is 0 Å². The molecule has 0 aliphatic rings. The molecule has 0 aliphatic heterocycles. The van der Waals surface area contributed by atoms with Crippen LogP contribution in [0.15, 0.2) is 29.6 Å². The first-order valence-corrected chi connectivity index (χ1v) is 7.59. The van der Waals surface area contributed by atoms with Crippen molar-refractivity contribution in [3.05, 3.63) is 51.9 Å². The lowest BCUT2D eigenvalue weighted by Gasteiger charge is -2.10. The van der Waals surface area contributed by atoms with Crippen molar-refractivity contribution in [2.24, 2.45) is 0 Å². The van der Waals surface area contributed by atoms with Gasteiger partial charge in [-0.25, -0.2) is 9.37 Å². The number of hydrogen-bond donors (Lipinski definition) is 1. The maximum Gasteiger partial charge on any atom is 0.180 e. The number of aromatic nitrogens is 2. The Morgan fingerprint density at radius 3 is 2.67 bits per heavy atom. The maximum atomic E-state index is 13.3. The zero-order chi connectivity index (χ0) is 15.1. The molecule has 6 heteroatoms. The number of anilines is 1. The summed E-state index contributed by atoms with van der Waals surface area (Å²) in [7, 11) is 0. The fourth-order valence-electron chi connectivity index (χ4n) is 2.45. The Labute approximate surface area is 130 Å². The van der Waals surface area contributed by atoms with Crippen LogP contribution in [0.25, 0.3) is 16.9 Å². The molecule has 0 unspecified atom stereocenters. The zero-order valence-corrected chi connectivity index (χ0v) is 13.1. The first kappa shape index (κ1) is 14.1. The molecule has 0 spiro atoms. The van der Waals surface area contributed by atoms with Gasteiger partial charge in [-0.2, -0.15) is 0 Å². The van der Waals surface area contributed by atoms with E-state index in [2.05, 4.69) is 4.98 Å². The summed E-state index contributed by atoms with van der Waals surface area (Å²) in [5.41, 5.74) is 10.4.